The third-order valence-corrected chi connectivity index (χ3v) is 2.10. The molecule has 0 rings (SSSR count). The normalized spacial score (nSPS) is 14.5. The quantitative estimate of drug-likeness (QED) is 0.519. The van der Waals surface area contributed by atoms with E-state index in [1.807, 2.05) is 13.8 Å². The van der Waals surface area contributed by atoms with Crippen LogP contribution in [-0.4, -0.2) is 18.0 Å². The van der Waals surface area contributed by atoms with Gasteiger partial charge in [0.15, 0.2) is 0 Å². The van der Waals surface area contributed by atoms with E-state index in [9.17, 15) is 9.59 Å². The van der Waals surface area contributed by atoms with Crippen molar-refractivity contribution in [2.45, 2.75) is 46.1 Å². The van der Waals surface area contributed by atoms with Gasteiger partial charge >= 0.3 is 5.97 Å². The third-order valence-electron chi connectivity index (χ3n) is 2.10. The first-order valence-electron chi connectivity index (χ1n) is 5.02. The zero-order valence-electron chi connectivity index (χ0n) is 9.08. The fourth-order valence-electron chi connectivity index (χ4n) is 1.03. The molecule has 0 heterocycles. The number of hydrogen-bond donors (Lipinski definition) is 1. The number of carbonyl (C=O) groups excluding carboxylic acids is 2. The number of carbonyl (C=O) groups is 2. The number of primary amides is 1. The Bertz CT molecular complexity index is 204. The van der Waals surface area contributed by atoms with Crippen molar-refractivity contribution in [1.82, 2.24) is 0 Å². The Kier molecular flexibility index (Phi) is 5.92. The van der Waals surface area contributed by atoms with Crippen LogP contribution in [0.3, 0.4) is 0 Å². The standard InChI is InChI=1S/C10H19NO3/c1-4-6-8(9(11)12)10(13)14-7(3)5-2/h7-8H,4-6H2,1-3H3,(H2,11,12). The maximum absolute atomic E-state index is 11.4. The van der Waals surface area contributed by atoms with Gasteiger partial charge in [-0.05, 0) is 19.8 Å². The summed E-state index contributed by atoms with van der Waals surface area (Å²) >= 11 is 0. The highest BCUT2D eigenvalue weighted by atomic mass is 16.5. The SMILES string of the molecule is CCCC(C(N)=O)C(=O)OC(C)CC. The fraction of sp³-hybridized carbons (Fsp3) is 0.800. The number of ether oxygens (including phenoxy) is 1. The predicted octanol–water partition coefficient (Wildman–Crippen LogP) is 1.23. The summed E-state index contributed by atoms with van der Waals surface area (Å²) in [4.78, 5) is 22.3. The molecular weight excluding hydrogens is 182 g/mol. The lowest BCUT2D eigenvalue weighted by Gasteiger charge is -2.15. The zero-order chi connectivity index (χ0) is 11.1. The first-order chi connectivity index (χ1) is 6.52. The Hall–Kier alpha value is -1.06. The van der Waals surface area contributed by atoms with E-state index < -0.39 is 17.8 Å². The van der Waals surface area contributed by atoms with Crippen LogP contribution in [0, 0.1) is 5.92 Å². The van der Waals surface area contributed by atoms with Crippen molar-refractivity contribution in [3.63, 3.8) is 0 Å². The van der Waals surface area contributed by atoms with Crippen LogP contribution in [0.1, 0.15) is 40.0 Å². The van der Waals surface area contributed by atoms with Crippen molar-refractivity contribution >= 4 is 11.9 Å². The Balaban J connectivity index is 4.22. The van der Waals surface area contributed by atoms with Crippen LogP contribution in [0.4, 0.5) is 0 Å². The first-order valence-corrected chi connectivity index (χ1v) is 5.02. The molecule has 0 aromatic carbocycles. The number of amides is 1. The molecule has 2 atom stereocenters. The minimum atomic E-state index is -0.783. The highest BCUT2D eigenvalue weighted by Gasteiger charge is 2.25. The van der Waals surface area contributed by atoms with Crippen LogP contribution < -0.4 is 5.73 Å². The van der Waals surface area contributed by atoms with E-state index in [-0.39, 0.29) is 6.10 Å². The Morgan fingerprint density at radius 3 is 2.29 bits per heavy atom. The van der Waals surface area contributed by atoms with Crippen LogP contribution in [0.15, 0.2) is 0 Å². The summed E-state index contributed by atoms with van der Waals surface area (Å²) in [7, 11) is 0. The molecule has 0 radical (unpaired) electrons. The van der Waals surface area contributed by atoms with Crippen molar-refractivity contribution < 1.29 is 14.3 Å². The van der Waals surface area contributed by atoms with E-state index in [2.05, 4.69) is 0 Å². The molecule has 1 amide bonds. The van der Waals surface area contributed by atoms with Crippen molar-refractivity contribution in [2.24, 2.45) is 11.7 Å². The summed E-state index contributed by atoms with van der Waals surface area (Å²) in [6, 6.07) is 0. The van der Waals surface area contributed by atoms with Gasteiger partial charge in [0.25, 0.3) is 0 Å². The zero-order valence-corrected chi connectivity index (χ0v) is 9.08. The van der Waals surface area contributed by atoms with Gasteiger partial charge in [-0.1, -0.05) is 20.3 Å². The molecule has 0 aliphatic rings. The molecule has 2 unspecified atom stereocenters. The van der Waals surface area contributed by atoms with Crippen LogP contribution >= 0.6 is 0 Å². The summed E-state index contributed by atoms with van der Waals surface area (Å²) in [6.07, 6.45) is 1.79. The molecule has 0 bridgehead atoms. The summed E-state index contributed by atoms with van der Waals surface area (Å²) in [5, 5.41) is 0. The second-order valence-corrected chi connectivity index (χ2v) is 3.40. The van der Waals surface area contributed by atoms with E-state index in [1.165, 1.54) is 0 Å². The Morgan fingerprint density at radius 1 is 1.36 bits per heavy atom. The second kappa shape index (κ2) is 6.40. The molecule has 4 heteroatoms. The highest BCUT2D eigenvalue weighted by Crippen LogP contribution is 2.10. The third kappa shape index (κ3) is 4.25. The van der Waals surface area contributed by atoms with Crippen molar-refractivity contribution in [3.05, 3.63) is 0 Å². The molecule has 0 aliphatic heterocycles. The molecule has 0 spiro atoms. The number of hydrogen-bond acceptors (Lipinski definition) is 3. The van der Waals surface area contributed by atoms with Gasteiger partial charge < -0.3 is 10.5 Å². The summed E-state index contributed by atoms with van der Waals surface area (Å²) in [5.74, 6) is -1.87. The lowest BCUT2D eigenvalue weighted by Crippen LogP contribution is -2.33. The van der Waals surface area contributed by atoms with Gasteiger partial charge in [0, 0.05) is 0 Å². The largest absolute Gasteiger partial charge is 0.462 e. The lowest BCUT2D eigenvalue weighted by molar-refractivity contribution is -0.156. The molecule has 0 saturated carbocycles. The molecule has 4 nitrogen and oxygen atoms in total. The molecule has 82 valence electrons. The molecular formula is C10H19NO3. The van der Waals surface area contributed by atoms with Crippen molar-refractivity contribution in [3.8, 4) is 0 Å². The van der Waals surface area contributed by atoms with Gasteiger partial charge in [-0.15, -0.1) is 0 Å². The molecule has 0 aliphatic carbocycles. The van der Waals surface area contributed by atoms with Gasteiger partial charge in [0.1, 0.15) is 5.92 Å². The number of rotatable bonds is 6. The summed E-state index contributed by atoms with van der Waals surface area (Å²) in [6.45, 7) is 5.60. The topological polar surface area (TPSA) is 69.4 Å². The Labute approximate surface area is 84.8 Å². The number of esters is 1. The van der Waals surface area contributed by atoms with Gasteiger partial charge in [0.2, 0.25) is 5.91 Å². The average Bonchev–Trinajstić information content (AvgIpc) is 2.13. The first kappa shape index (κ1) is 12.9. The summed E-state index contributed by atoms with van der Waals surface area (Å²) < 4.78 is 5.04. The van der Waals surface area contributed by atoms with Crippen LogP contribution in [0.5, 0.6) is 0 Å². The van der Waals surface area contributed by atoms with Gasteiger partial charge in [-0.25, -0.2) is 0 Å². The second-order valence-electron chi connectivity index (χ2n) is 3.40. The Morgan fingerprint density at radius 2 is 1.93 bits per heavy atom. The van der Waals surface area contributed by atoms with Gasteiger partial charge in [0.05, 0.1) is 6.10 Å². The number of nitrogens with two attached hydrogens (primary N) is 1. The fourth-order valence-corrected chi connectivity index (χ4v) is 1.03. The smallest absolute Gasteiger partial charge is 0.318 e. The van der Waals surface area contributed by atoms with Crippen LogP contribution in [-0.2, 0) is 14.3 Å². The molecule has 2 N–H and O–H groups in total. The molecule has 0 fully saturated rings. The lowest BCUT2D eigenvalue weighted by atomic mass is 10.0. The van der Waals surface area contributed by atoms with E-state index in [0.717, 1.165) is 12.8 Å². The highest BCUT2D eigenvalue weighted by molar-refractivity contribution is 5.96. The monoisotopic (exact) mass is 201 g/mol. The molecule has 0 aromatic rings. The molecule has 0 aromatic heterocycles. The van der Waals surface area contributed by atoms with Crippen molar-refractivity contribution in [2.75, 3.05) is 0 Å². The maximum atomic E-state index is 11.4. The average molecular weight is 201 g/mol. The van der Waals surface area contributed by atoms with Crippen LogP contribution in [0.2, 0.25) is 0 Å². The molecule has 0 saturated heterocycles. The van der Waals surface area contributed by atoms with Crippen LogP contribution in [0.25, 0.3) is 0 Å². The van der Waals surface area contributed by atoms with E-state index in [0.29, 0.717) is 6.42 Å². The summed E-state index contributed by atoms with van der Waals surface area (Å²) in [5.41, 5.74) is 5.10. The van der Waals surface area contributed by atoms with Gasteiger partial charge in [-0.3, -0.25) is 9.59 Å². The minimum absolute atomic E-state index is 0.152. The van der Waals surface area contributed by atoms with E-state index in [1.54, 1.807) is 6.92 Å². The maximum Gasteiger partial charge on any atom is 0.318 e. The minimum Gasteiger partial charge on any atom is -0.462 e. The van der Waals surface area contributed by atoms with Gasteiger partial charge in [-0.2, -0.15) is 0 Å². The predicted molar refractivity (Wildman–Crippen MR) is 53.4 cm³/mol. The molecule has 14 heavy (non-hydrogen) atoms. The van der Waals surface area contributed by atoms with Crippen molar-refractivity contribution in [1.29, 1.82) is 0 Å². The van der Waals surface area contributed by atoms with E-state index >= 15 is 0 Å². The van der Waals surface area contributed by atoms with E-state index in [4.69, 9.17) is 10.5 Å².